The molecule has 0 radical (unpaired) electrons. The van der Waals surface area contributed by atoms with Gasteiger partial charge in [-0.1, -0.05) is 18.2 Å². The van der Waals surface area contributed by atoms with Gasteiger partial charge in [0.2, 0.25) is 5.91 Å². The number of amides is 1. The zero-order valence-corrected chi connectivity index (χ0v) is 11.1. The number of rotatable bonds is 6. The van der Waals surface area contributed by atoms with Crippen LogP contribution in [0.4, 0.5) is 0 Å². The molecule has 1 amide bonds. The highest BCUT2D eigenvalue weighted by Gasteiger charge is 2.19. The first kappa shape index (κ1) is 15.1. The van der Waals surface area contributed by atoms with E-state index in [0.29, 0.717) is 0 Å². The highest BCUT2D eigenvalue weighted by atomic mass is 32.2. The summed E-state index contributed by atoms with van der Waals surface area (Å²) in [5.74, 6) is -0.733. The maximum atomic E-state index is 11.9. The van der Waals surface area contributed by atoms with E-state index in [-0.39, 0.29) is 23.6 Å². The Bertz CT molecular complexity index is 564. The van der Waals surface area contributed by atoms with Crippen molar-refractivity contribution in [1.29, 1.82) is 5.26 Å². The van der Waals surface area contributed by atoms with Crippen molar-refractivity contribution in [2.45, 2.75) is 17.4 Å². The molecule has 6 nitrogen and oxygen atoms in total. The Labute approximate surface area is 112 Å². The molecule has 0 spiro atoms. The summed E-state index contributed by atoms with van der Waals surface area (Å²) in [5, 5.41) is 10.6. The fourth-order valence-electron chi connectivity index (χ4n) is 1.42. The van der Waals surface area contributed by atoms with E-state index in [1.54, 1.807) is 24.3 Å². The minimum absolute atomic E-state index is 0.00842. The third-order valence-electron chi connectivity index (χ3n) is 2.48. The number of sulfone groups is 1. The second-order valence-corrected chi connectivity index (χ2v) is 6.01. The largest absolute Gasteiger partial charge is 0.342 e. The van der Waals surface area contributed by atoms with Crippen molar-refractivity contribution >= 4 is 15.7 Å². The van der Waals surface area contributed by atoms with E-state index in [1.807, 2.05) is 0 Å². The minimum atomic E-state index is -3.43. The number of hydrogen-bond acceptors (Lipinski definition) is 5. The maximum absolute atomic E-state index is 11.9. The molecule has 0 aliphatic carbocycles. The number of carbonyl (C=O) groups is 1. The Morgan fingerprint density at radius 3 is 2.58 bits per heavy atom. The molecule has 1 aromatic rings. The van der Waals surface area contributed by atoms with Gasteiger partial charge in [-0.05, 0) is 18.6 Å². The molecule has 3 N–H and O–H groups in total. The van der Waals surface area contributed by atoms with Crippen LogP contribution >= 0.6 is 0 Å². The lowest BCUT2D eigenvalue weighted by atomic mass is 10.2. The monoisotopic (exact) mass is 281 g/mol. The van der Waals surface area contributed by atoms with Crippen molar-refractivity contribution in [3.8, 4) is 6.07 Å². The molecular formula is C12H15N3O3S. The highest BCUT2D eigenvalue weighted by molar-refractivity contribution is 7.91. The van der Waals surface area contributed by atoms with Crippen molar-refractivity contribution in [3.63, 3.8) is 0 Å². The molecule has 7 heteroatoms. The molecule has 0 saturated heterocycles. The van der Waals surface area contributed by atoms with E-state index in [4.69, 9.17) is 11.0 Å². The van der Waals surface area contributed by atoms with Crippen molar-refractivity contribution in [2.75, 3.05) is 12.3 Å². The molecule has 0 saturated carbocycles. The van der Waals surface area contributed by atoms with Gasteiger partial charge in [0.1, 0.15) is 6.54 Å². The van der Waals surface area contributed by atoms with Crippen LogP contribution in [0.15, 0.2) is 35.2 Å². The summed E-state index contributed by atoms with van der Waals surface area (Å²) in [4.78, 5) is 11.6. The number of nitrogens with zero attached hydrogens (tertiary/aromatic N) is 1. The molecule has 0 bridgehead atoms. The van der Waals surface area contributed by atoms with Gasteiger partial charge in [0.15, 0.2) is 9.84 Å². The van der Waals surface area contributed by atoms with Crippen LogP contribution in [0.2, 0.25) is 0 Å². The molecule has 19 heavy (non-hydrogen) atoms. The number of benzene rings is 1. The van der Waals surface area contributed by atoms with Crippen LogP contribution in [-0.4, -0.2) is 32.7 Å². The van der Waals surface area contributed by atoms with Crippen molar-refractivity contribution in [2.24, 2.45) is 5.73 Å². The van der Waals surface area contributed by atoms with Gasteiger partial charge in [-0.15, -0.1) is 0 Å². The SMILES string of the molecule is N#CCNC(=O)[C@@H](N)CCS(=O)(=O)c1ccccc1. The van der Waals surface area contributed by atoms with Crippen molar-refractivity contribution in [1.82, 2.24) is 5.32 Å². The number of nitrogens with one attached hydrogen (secondary N) is 1. The maximum Gasteiger partial charge on any atom is 0.237 e. The first-order valence-electron chi connectivity index (χ1n) is 5.65. The van der Waals surface area contributed by atoms with Gasteiger partial charge >= 0.3 is 0 Å². The highest BCUT2D eigenvalue weighted by Crippen LogP contribution is 2.11. The quantitative estimate of drug-likeness (QED) is 0.702. The van der Waals surface area contributed by atoms with Gasteiger partial charge in [0, 0.05) is 0 Å². The van der Waals surface area contributed by atoms with Crippen molar-refractivity contribution < 1.29 is 13.2 Å². The first-order chi connectivity index (χ1) is 8.97. The van der Waals surface area contributed by atoms with E-state index >= 15 is 0 Å². The van der Waals surface area contributed by atoms with E-state index in [1.165, 1.54) is 12.1 Å². The molecule has 1 atom stereocenters. The molecule has 1 aromatic carbocycles. The summed E-state index contributed by atoms with van der Waals surface area (Å²) < 4.78 is 23.9. The number of hydrogen-bond donors (Lipinski definition) is 2. The zero-order chi connectivity index (χ0) is 14.3. The second-order valence-electron chi connectivity index (χ2n) is 3.90. The average Bonchev–Trinajstić information content (AvgIpc) is 2.43. The molecule has 0 aliphatic heterocycles. The fourth-order valence-corrected chi connectivity index (χ4v) is 2.79. The smallest absolute Gasteiger partial charge is 0.237 e. The fraction of sp³-hybridized carbons (Fsp3) is 0.333. The summed E-state index contributed by atoms with van der Waals surface area (Å²) in [6.45, 7) is -0.141. The standard InChI is InChI=1S/C12H15N3O3S/c13-7-8-15-12(16)11(14)6-9-19(17,18)10-4-2-1-3-5-10/h1-5,11H,6,8-9,14H2,(H,15,16)/t11-/m0/s1. The van der Waals surface area contributed by atoms with Crippen LogP contribution in [0.25, 0.3) is 0 Å². The molecule has 0 aromatic heterocycles. The van der Waals surface area contributed by atoms with E-state index in [2.05, 4.69) is 5.32 Å². The summed E-state index contributed by atoms with van der Waals surface area (Å²) in [5.41, 5.74) is 5.56. The molecule has 0 aliphatic rings. The van der Waals surface area contributed by atoms with Crippen molar-refractivity contribution in [3.05, 3.63) is 30.3 Å². The van der Waals surface area contributed by atoms with Gasteiger partial charge in [0.25, 0.3) is 0 Å². The minimum Gasteiger partial charge on any atom is -0.342 e. The second kappa shape index (κ2) is 6.87. The average molecular weight is 281 g/mol. The Morgan fingerprint density at radius 1 is 1.37 bits per heavy atom. The molecule has 0 heterocycles. The summed E-state index contributed by atoms with van der Waals surface area (Å²) in [6.07, 6.45) is 0.00842. The third-order valence-corrected chi connectivity index (χ3v) is 4.24. The molecule has 0 fully saturated rings. The Balaban J connectivity index is 2.57. The van der Waals surface area contributed by atoms with E-state index in [9.17, 15) is 13.2 Å². The molecule has 102 valence electrons. The zero-order valence-electron chi connectivity index (χ0n) is 10.2. The van der Waals surface area contributed by atoms with Gasteiger partial charge in [-0.2, -0.15) is 5.26 Å². The van der Waals surface area contributed by atoms with Crippen LogP contribution in [0, 0.1) is 11.3 Å². The molecule has 0 unspecified atom stereocenters. The Hall–Kier alpha value is -1.91. The topological polar surface area (TPSA) is 113 Å². The number of carbonyl (C=O) groups excluding carboxylic acids is 1. The third kappa shape index (κ3) is 4.69. The normalized spacial score (nSPS) is 12.4. The summed E-state index contributed by atoms with van der Waals surface area (Å²) in [7, 11) is -3.43. The van der Waals surface area contributed by atoms with Crippen LogP contribution in [-0.2, 0) is 14.6 Å². The van der Waals surface area contributed by atoms with E-state index in [0.717, 1.165) is 0 Å². The lowest BCUT2D eigenvalue weighted by Gasteiger charge is -2.10. The van der Waals surface area contributed by atoms with Crippen LogP contribution in [0.3, 0.4) is 0 Å². The number of nitrogens with two attached hydrogens (primary N) is 1. The van der Waals surface area contributed by atoms with E-state index < -0.39 is 21.8 Å². The van der Waals surface area contributed by atoms with Gasteiger partial charge in [-0.3, -0.25) is 4.79 Å². The Morgan fingerprint density at radius 2 is 2.00 bits per heavy atom. The molecule has 1 rings (SSSR count). The summed E-state index contributed by atoms with van der Waals surface area (Å²) >= 11 is 0. The summed E-state index contributed by atoms with van der Waals surface area (Å²) in [6, 6.07) is 8.79. The lowest BCUT2D eigenvalue weighted by Crippen LogP contribution is -2.41. The predicted octanol–water partition coefficient (Wildman–Crippen LogP) is -0.183. The van der Waals surface area contributed by atoms with Crippen LogP contribution in [0.1, 0.15) is 6.42 Å². The predicted molar refractivity (Wildman–Crippen MR) is 69.7 cm³/mol. The number of nitriles is 1. The van der Waals surface area contributed by atoms with Gasteiger partial charge in [-0.25, -0.2) is 8.42 Å². The van der Waals surface area contributed by atoms with Gasteiger partial charge in [0.05, 0.1) is 22.8 Å². The lowest BCUT2D eigenvalue weighted by molar-refractivity contribution is -0.122. The van der Waals surface area contributed by atoms with Crippen LogP contribution < -0.4 is 11.1 Å². The van der Waals surface area contributed by atoms with Gasteiger partial charge < -0.3 is 11.1 Å². The van der Waals surface area contributed by atoms with Crippen LogP contribution in [0.5, 0.6) is 0 Å². The first-order valence-corrected chi connectivity index (χ1v) is 7.30. The molecular weight excluding hydrogens is 266 g/mol. The Kier molecular flexibility index (Phi) is 5.48.